The molecule has 0 radical (unpaired) electrons. The van der Waals surface area contributed by atoms with Gasteiger partial charge in [0.25, 0.3) is 0 Å². The number of alkyl halides is 3. The van der Waals surface area contributed by atoms with Crippen molar-refractivity contribution in [2.75, 3.05) is 13.6 Å². The van der Waals surface area contributed by atoms with Crippen LogP contribution in [0.15, 0.2) is 0 Å². The Balaban J connectivity index is 4.07. The fourth-order valence-electron chi connectivity index (χ4n) is 1.13. The van der Waals surface area contributed by atoms with Crippen molar-refractivity contribution in [3.63, 3.8) is 0 Å². The molecule has 0 N–H and O–H groups in total. The lowest BCUT2D eigenvalue weighted by molar-refractivity contribution is -0.147. The number of rotatable bonds is 4. The first-order valence-corrected chi connectivity index (χ1v) is 4.04. The molecule has 0 heterocycles. The van der Waals surface area contributed by atoms with Crippen LogP contribution in [0.3, 0.4) is 0 Å². The summed E-state index contributed by atoms with van der Waals surface area (Å²) in [6, 6.07) is 1.58. The maximum atomic E-state index is 11.9. The first kappa shape index (κ1) is 12.2. The van der Waals surface area contributed by atoms with E-state index in [2.05, 4.69) is 0 Å². The minimum absolute atomic E-state index is 0.142. The summed E-state index contributed by atoms with van der Waals surface area (Å²) >= 11 is 0. The molecule has 5 heteroatoms. The van der Waals surface area contributed by atoms with E-state index < -0.39 is 12.7 Å². The third kappa shape index (κ3) is 5.47. The van der Waals surface area contributed by atoms with Crippen LogP contribution in [0.2, 0.25) is 0 Å². The van der Waals surface area contributed by atoms with E-state index in [4.69, 9.17) is 5.26 Å². The minimum Gasteiger partial charge on any atom is -0.294 e. The zero-order valence-electron chi connectivity index (χ0n) is 7.73. The zero-order valence-corrected chi connectivity index (χ0v) is 7.73. The van der Waals surface area contributed by atoms with E-state index in [0.29, 0.717) is 6.42 Å². The van der Waals surface area contributed by atoms with Gasteiger partial charge in [-0.15, -0.1) is 0 Å². The lowest BCUT2D eigenvalue weighted by Crippen LogP contribution is -2.38. The Morgan fingerprint density at radius 3 is 2.31 bits per heavy atom. The van der Waals surface area contributed by atoms with E-state index in [-0.39, 0.29) is 12.5 Å². The van der Waals surface area contributed by atoms with Gasteiger partial charge in [0.05, 0.1) is 19.0 Å². The average Bonchev–Trinajstić information content (AvgIpc) is 1.96. The molecule has 0 aliphatic rings. The molecular weight excluding hydrogens is 181 g/mol. The van der Waals surface area contributed by atoms with Gasteiger partial charge in [0.15, 0.2) is 0 Å². The van der Waals surface area contributed by atoms with Gasteiger partial charge in [0.1, 0.15) is 0 Å². The molecule has 0 aromatic rings. The van der Waals surface area contributed by atoms with Crippen molar-refractivity contribution in [1.29, 1.82) is 5.26 Å². The van der Waals surface area contributed by atoms with Gasteiger partial charge in [0.2, 0.25) is 0 Å². The highest BCUT2D eigenvalue weighted by molar-refractivity contribution is 4.81. The van der Waals surface area contributed by atoms with Crippen LogP contribution >= 0.6 is 0 Å². The zero-order chi connectivity index (χ0) is 10.5. The van der Waals surface area contributed by atoms with Crippen LogP contribution in [0.5, 0.6) is 0 Å². The summed E-state index contributed by atoms with van der Waals surface area (Å²) in [6.07, 6.45) is -3.49. The van der Waals surface area contributed by atoms with Gasteiger partial charge >= 0.3 is 6.18 Å². The highest BCUT2D eigenvalue weighted by atomic mass is 19.4. The summed E-state index contributed by atoms with van der Waals surface area (Å²) < 4.78 is 35.8. The topological polar surface area (TPSA) is 27.0 Å². The first-order chi connectivity index (χ1) is 5.90. The standard InChI is InChI=1S/C8H13F3N2/c1-3-7(4-5-12)13(2)6-8(9,10)11/h7H,3-4,6H2,1-2H3. The smallest absolute Gasteiger partial charge is 0.294 e. The van der Waals surface area contributed by atoms with Gasteiger partial charge in [-0.3, -0.25) is 4.90 Å². The molecule has 1 atom stereocenters. The molecule has 0 saturated carbocycles. The molecule has 76 valence electrons. The lowest BCUT2D eigenvalue weighted by Gasteiger charge is -2.25. The molecule has 13 heavy (non-hydrogen) atoms. The Kier molecular flexibility index (Phi) is 4.78. The molecule has 0 rings (SSSR count). The van der Waals surface area contributed by atoms with Crippen LogP contribution in [0.4, 0.5) is 13.2 Å². The summed E-state index contributed by atoms with van der Waals surface area (Å²) in [5, 5.41) is 8.36. The summed E-state index contributed by atoms with van der Waals surface area (Å²) in [5.74, 6) is 0. The molecular formula is C8H13F3N2. The molecule has 0 aliphatic carbocycles. The van der Waals surface area contributed by atoms with E-state index >= 15 is 0 Å². The van der Waals surface area contributed by atoms with Gasteiger partial charge in [-0.2, -0.15) is 18.4 Å². The van der Waals surface area contributed by atoms with Crippen LogP contribution in [0.25, 0.3) is 0 Å². The normalized spacial score (nSPS) is 14.2. The molecule has 0 spiro atoms. The third-order valence-electron chi connectivity index (χ3n) is 1.85. The third-order valence-corrected chi connectivity index (χ3v) is 1.85. The van der Waals surface area contributed by atoms with Crippen LogP contribution in [-0.2, 0) is 0 Å². The van der Waals surface area contributed by atoms with E-state index in [1.807, 2.05) is 6.07 Å². The molecule has 0 aromatic heterocycles. The fraction of sp³-hybridized carbons (Fsp3) is 0.875. The number of hydrogen-bond donors (Lipinski definition) is 0. The molecule has 0 aliphatic heterocycles. The van der Waals surface area contributed by atoms with Crippen LogP contribution in [0, 0.1) is 11.3 Å². The predicted molar refractivity (Wildman–Crippen MR) is 43.0 cm³/mol. The predicted octanol–water partition coefficient (Wildman–Crippen LogP) is 2.17. The van der Waals surface area contributed by atoms with Crippen molar-refractivity contribution in [2.45, 2.75) is 32.0 Å². The second kappa shape index (κ2) is 5.07. The molecule has 0 amide bonds. The van der Waals surface area contributed by atoms with Crippen molar-refractivity contribution in [1.82, 2.24) is 4.90 Å². The number of hydrogen-bond acceptors (Lipinski definition) is 2. The molecule has 0 saturated heterocycles. The number of halogens is 3. The minimum atomic E-state index is -4.18. The Labute approximate surface area is 75.9 Å². The van der Waals surface area contributed by atoms with Gasteiger partial charge in [-0.1, -0.05) is 6.92 Å². The highest BCUT2D eigenvalue weighted by Crippen LogP contribution is 2.18. The highest BCUT2D eigenvalue weighted by Gasteiger charge is 2.31. The van der Waals surface area contributed by atoms with Crippen molar-refractivity contribution in [3.05, 3.63) is 0 Å². The lowest BCUT2D eigenvalue weighted by atomic mass is 10.1. The van der Waals surface area contributed by atoms with E-state index in [1.54, 1.807) is 6.92 Å². The quantitative estimate of drug-likeness (QED) is 0.685. The van der Waals surface area contributed by atoms with Crippen molar-refractivity contribution >= 4 is 0 Å². The summed E-state index contributed by atoms with van der Waals surface area (Å²) in [4.78, 5) is 1.17. The van der Waals surface area contributed by atoms with E-state index in [9.17, 15) is 13.2 Å². The largest absolute Gasteiger partial charge is 0.401 e. The number of nitriles is 1. The second-order valence-electron chi connectivity index (χ2n) is 2.95. The maximum Gasteiger partial charge on any atom is 0.401 e. The van der Waals surface area contributed by atoms with Crippen LogP contribution in [-0.4, -0.2) is 30.7 Å². The summed E-state index contributed by atoms with van der Waals surface area (Å²) in [7, 11) is 1.39. The van der Waals surface area contributed by atoms with Gasteiger partial charge in [-0.05, 0) is 13.5 Å². The van der Waals surface area contributed by atoms with Crippen molar-refractivity contribution in [3.8, 4) is 6.07 Å². The second-order valence-corrected chi connectivity index (χ2v) is 2.95. The Bertz CT molecular complexity index is 183. The fourth-order valence-corrected chi connectivity index (χ4v) is 1.13. The van der Waals surface area contributed by atoms with Gasteiger partial charge in [-0.25, -0.2) is 0 Å². The van der Waals surface area contributed by atoms with Crippen LogP contribution < -0.4 is 0 Å². The molecule has 0 aromatic carbocycles. The average molecular weight is 194 g/mol. The van der Waals surface area contributed by atoms with E-state index in [1.165, 1.54) is 11.9 Å². The molecule has 2 nitrogen and oxygen atoms in total. The molecule has 1 unspecified atom stereocenters. The van der Waals surface area contributed by atoms with Gasteiger partial charge in [0, 0.05) is 6.04 Å². The van der Waals surface area contributed by atoms with Gasteiger partial charge < -0.3 is 0 Å². The van der Waals surface area contributed by atoms with Crippen molar-refractivity contribution < 1.29 is 13.2 Å². The SMILES string of the molecule is CCC(CC#N)N(C)CC(F)(F)F. The van der Waals surface area contributed by atoms with Crippen molar-refractivity contribution in [2.24, 2.45) is 0 Å². The Morgan fingerprint density at radius 2 is 2.00 bits per heavy atom. The first-order valence-electron chi connectivity index (χ1n) is 4.04. The van der Waals surface area contributed by atoms with Crippen LogP contribution in [0.1, 0.15) is 19.8 Å². The number of nitrogens with zero attached hydrogens (tertiary/aromatic N) is 2. The molecule has 0 fully saturated rings. The Hall–Kier alpha value is -0.760. The summed E-state index contributed by atoms with van der Waals surface area (Å²) in [5.41, 5.74) is 0. The monoisotopic (exact) mass is 194 g/mol. The Morgan fingerprint density at radius 1 is 1.46 bits per heavy atom. The molecule has 0 bridgehead atoms. The maximum absolute atomic E-state index is 11.9. The summed E-state index contributed by atoms with van der Waals surface area (Å²) in [6.45, 7) is 0.821. The van der Waals surface area contributed by atoms with E-state index in [0.717, 1.165) is 0 Å².